The largest absolute Gasteiger partial charge is 0.484 e. The molecule has 0 aliphatic carbocycles. The maximum atomic E-state index is 13.7. The summed E-state index contributed by atoms with van der Waals surface area (Å²) in [6, 6.07) is 20.7. The summed E-state index contributed by atoms with van der Waals surface area (Å²) < 4.78 is 5.93. The lowest BCUT2D eigenvalue weighted by Gasteiger charge is -2.32. The molecule has 0 spiro atoms. The number of benzene rings is 3. The van der Waals surface area contributed by atoms with E-state index in [9.17, 15) is 9.59 Å². The number of nitrogens with zero attached hydrogens (tertiary/aromatic N) is 1. The fourth-order valence-electron chi connectivity index (χ4n) is 4.22. The van der Waals surface area contributed by atoms with Crippen molar-refractivity contribution in [2.75, 3.05) is 6.61 Å². The molecule has 0 saturated heterocycles. The highest BCUT2D eigenvalue weighted by atomic mass is 35.5. The van der Waals surface area contributed by atoms with E-state index in [1.165, 1.54) is 0 Å². The molecule has 0 radical (unpaired) electrons. The Hall–Kier alpha value is -3.31. The molecule has 0 saturated carbocycles. The van der Waals surface area contributed by atoms with E-state index in [2.05, 4.69) is 5.32 Å². The summed E-state index contributed by atoms with van der Waals surface area (Å²) in [5, 5.41) is 3.77. The van der Waals surface area contributed by atoms with Gasteiger partial charge in [0, 0.05) is 24.0 Å². The van der Waals surface area contributed by atoms with E-state index in [1.54, 1.807) is 4.90 Å². The lowest BCUT2D eigenvalue weighted by atomic mass is 10.0. The molecule has 3 aromatic rings. The molecule has 0 bridgehead atoms. The minimum atomic E-state index is -0.693. The quantitative estimate of drug-likeness (QED) is 0.327. The summed E-state index contributed by atoms with van der Waals surface area (Å²) in [5.74, 6) is 0.149. The third kappa shape index (κ3) is 8.09. The summed E-state index contributed by atoms with van der Waals surface area (Å²) in [5.41, 5.74) is 4.81. The first-order chi connectivity index (χ1) is 17.7. The molecular formula is C31H37ClN2O3. The Balaban J connectivity index is 1.93. The van der Waals surface area contributed by atoms with Gasteiger partial charge in [-0.3, -0.25) is 9.59 Å². The van der Waals surface area contributed by atoms with Crippen molar-refractivity contribution in [3.8, 4) is 5.75 Å². The second kappa shape index (κ2) is 13.3. The smallest absolute Gasteiger partial charge is 0.261 e. The van der Waals surface area contributed by atoms with Crippen molar-refractivity contribution in [3.63, 3.8) is 0 Å². The summed E-state index contributed by atoms with van der Waals surface area (Å²) in [6.45, 7) is 9.94. The Morgan fingerprint density at radius 1 is 0.946 bits per heavy atom. The van der Waals surface area contributed by atoms with Gasteiger partial charge in [-0.25, -0.2) is 0 Å². The first kappa shape index (κ1) is 28.3. The maximum Gasteiger partial charge on any atom is 0.261 e. The van der Waals surface area contributed by atoms with E-state index in [1.807, 2.05) is 101 Å². The number of amides is 2. The zero-order chi connectivity index (χ0) is 26.9. The second-order valence-corrected chi connectivity index (χ2v) is 10.1. The normalized spacial score (nSPS) is 12.5. The van der Waals surface area contributed by atoms with Crippen LogP contribution in [0.25, 0.3) is 0 Å². The van der Waals surface area contributed by atoms with Crippen LogP contribution >= 0.6 is 11.6 Å². The predicted molar refractivity (Wildman–Crippen MR) is 150 cm³/mol. The second-order valence-electron chi connectivity index (χ2n) is 9.69. The van der Waals surface area contributed by atoms with Crippen molar-refractivity contribution in [2.24, 2.45) is 0 Å². The van der Waals surface area contributed by atoms with Gasteiger partial charge >= 0.3 is 0 Å². The van der Waals surface area contributed by atoms with E-state index in [-0.39, 0.29) is 24.5 Å². The number of carbonyl (C=O) groups excluding carboxylic acids is 2. The topological polar surface area (TPSA) is 58.6 Å². The molecule has 0 unspecified atom stereocenters. The Kier molecular flexibility index (Phi) is 10.2. The summed E-state index contributed by atoms with van der Waals surface area (Å²) in [6.07, 6.45) is 1.20. The van der Waals surface area contributed by atoms with Gasteiger partial charge in [0.1, 0.15) is 11.8 Å². The Morgan fingerprint density at radius 2 is 1.59 bits per heavy atom. The third-order valence-electron chi connectivity index (χ3n) is 6.48. The van der Waals surface area contributed by atoms with Gasteiger partial charge in [-0.05, 0) is 68.5 Å². The van der Waals surface area contributed by atoms with E-state index >= 15 is 0 Å². The lowest BCUT2D eigenvalue weighted by Crippen LogP contribution is -2.53. The van der Waals surface area contributed by atoms with Crippen molar-refractivity contribution in [1.82, 2.24) is 10.2 Å². The van der Waals surface area contributed by atoms with Crippen molar-refractivity contribution < 1.29 is 14.3 Å². The molecule has 2 atom stereocenters. The standard InChI is InChI=1S/C31H37ClN2O3/c1-6-24(5)33-31(36)28(18-25-12-8-7-9-13-25)34(19-26-14-10-11-21(2)15-26)29(35)20-37-27-16-22(3)30(32)23(4)17-27/h7-17,24,28H,6,18-20H2,1-5H3,(H,33,36)/t24-,28+/m1/s1. The number of carbonyl (C=O) groups is 2. The third-order valence-corrected chi connectivity index (χ3v) is 7.08. The zero-order valence-corrected chi connectivity index (χ0v) is 23.1. The molecule has 3 rings (SSSR count). The maximum absolute atomic E-state index is 13.7. The molecule has 0 aliphatic heterocycles. The molecule has 0 aromatic heterocycles. The van der Waals surface area contributed by atoms with Crippen LogP contribution in [0.5, 0.6) is 5.75 Å². The zero-order valence-electron chi connectivity index (χ0n) is 22.4. The number of hydrogen-bond donors (Lipinski definition) is 1. The monoisotopic (exact) mass is 520 g/mol. The highest BCUT2D eigenvalue weighted by Gasteiger charge is 2.31. The van der Waals surface area contributed by atoms with Gasteiger partial charge in [0.05, 0.1) is 0 Å². The average Bonchev–Trinajstić information content (AvgIpc) is 2.88. The molecule has 0 aliphatic rings. The van der Waals surface area contributed by atoms with Crippen LogP contribution in [0.15, 0.2) is 66.7 Å². The van der Waals surface area contributed by atoms with Crippen LogP contribution in [0, 0.1) is 20.8 Å². The average molecular weight is 521 g/mol. The van der Waals surface area contributed by atoms with Crippen molar-refractivity contribution in [2.45, 2.75) is 66.1 Å². The van der Waals surface area contributed by atoms with Crippen LogP contribution in [0.4, 0.5) is 0 Å². The molecule has 3 aromatic carbocycles. The molecule has 0 fully saturated rings. The number of aryl methyl sites for hydroxylation is 3. The molecule has 2 amide bonds. The van der Waals surface area contributed by atoms with Crippen molar-refractivity contribution in [1.29, 1.82) is 0 Å². The first-order valence-electron chi connectivity index (χ1n) is 12.8. The number of halogens is 1. The predicted octanol–water partition coefficient (Wildman–Crippen LogP) is 6.20. The van der Waals surface area contributed by atoms with Crippen LogP contribution < -0.4 is 10.1 Å². The molecule has 1 N–H and O–H groups in total. The first-order valence-corrected chi connectivity index (χ1v) is 13.1. The van der Waals surface area contributed by atoms with Gasteiger partial charge in [0.25, 0.3) is 5.91 Å². The number of nitrogens with one attached hydrogen (secondary N) is 1. The number of hydrogen-bond acceptors (Lipinski definition) is 3. The van der Waals surface area contributed by atoms with Gasteiger partial charge in [0.2, 0.25) is 5.91 Å². The van der Waals surface area contributed by atoms with Gasteiger partial charge < -0.3 is 15.0 Å². The van der Waals surface area contributed by atoms with Crippen LogP contribution in [0.1, 0.15) is 48.1 Å². The highest BCUT2D eigenvalue weighted by molar-refractivity contribution is 6.32. The number of ether oxygens (including phenoxy) is 1. The Bertz CT molecular complexity index is 1190. The summed E-state index contributed by atoms with van der Waals surface area (Å²) in [7, 11) is 0. The fraction of sp³-hybridized carbons (Fsp3) is 0.355. The van der Waals surface area contributed by atoms with Crippen molar-refractivity contribution >= 4 is 23.4 Å². The van der Waals surface area contributed by atoms with E-state index in [4.69, 9.17) is 16.3 Å². The van der Waals surface area contributed by atoms with Gasteiger partial charge in [-0.2, -0.15) is 0 Å². The van der Waals surface area contributed by atoms with E-state index in [0.717, 1.165) is 34.2 Å². The molecule has 5 nitrogen and oxygen atoms in total. The molecular weight excluding hydrogens is 484 g/mol. The van der Waals surface area contributed by atoms with Gasteiger partial charge in [-0.15, -0.1) is 0 Å². The minimum absolute atomic E-state index is 0.00189. The van der Waals surface area contributed by atoms with E-state index < -0.39 is 6.04 Å². The van der Waals surface area contributed by atoms with Crippen LogP contribution in [-0.2, 0) is 22.6 Å². The van der Waals surface area contributed by atoms with Crippen LogP contribution in [0.3, 0.4) is 0 Å². The highest BCUT2D eigenvalue weighted by Crippen LogP contribution is 2.26. The van der Waals surface area contributed by atoms with Crippen LogP contribution in [0.2, 0.25) is 5.02 Å². The summed E-state index contributed by atoms with van der Waals surface area (Å²) in [4.78, 5) is 28.9. The number of rotatable bonds is 11. The SMILES string of the molecule is CC[C@@H](C)NC(=O)[C@H](Cc1ccccc1)N(Cc1cccc(C)c1)C(=O)COc1cc(C)c(Cl)c(C)c1. The molecule has 37 heavy (non-hydrogen) atoms. The van der Waals surface area contributed by atoms with Gasteiger partial charge in [-0.1, -0.05) is 78.7 Å². The minimum Gasteiger partial charge on any atom is -0.484 e. The van der Waals surface area contributed by atoms with E-state index in [0.29, 0.717) is 23.7 Å². The molecule has 6 heteroatoms. The van der Waals surface area contributed by atoms with Crippen molar-refractivity contribution in [3.05, 3.63) is 99.6 Å². The lowest BCUT2D eigenvalue weighted by molar-refractivity contribution is -0.143. The summed E-state index contributed by atoms with van der Waals surface area (Å²) >= 11 is 6.30. The fourth-order valence-corrected chi connectivity index (χ4v) is 4.33. The molecule has 0 heterocycles. The Labute approximate surface area is 225 Å². The van der Waals surface area contributed by atoms with Gasteiger partial charge in [0.15, 0.2) is 6.61 Å². The molecule has 196 valence electrons. The Morgan fingerprint density at radius 3 is 2.22 bits per heavy atom. The van der Waals surface area contributed by atoms with Crippen LogP contribution in [-0.4, -0.2) is 35.4 Å².